The molecule has 0 amide bonds. The van der Waals surface area contributed by atoms with Crippen molar-refractivity contribution in [3.63, 3.8) is 0 Å². The van der Waals surface area contributed by atoms with Gasteiger partial charge < -0.3 is 44.5 Å². The number of methoxy groups -OCH3 is 2. The Morgan fingerprint density at radius 3 is 1.95 bits per heavy atom. The Balaban J connectivity index is 1.63. The first-order valence-electron chi connectivity index (χ1n) is 11.6. The van der Waals surface area contributed by atoms with Gasteiger partial charge in [-0.05, 0) is 47.5 Å². The fourth-order valence-corrected chi connectivity index (χ4v) is 3.63. The first kappa shape index (κ1) is 29.3. The Morgan fingerprint density at radius 1 is 0.821 bits per heavy atom. The van der Waals surface area contributed by atoms with Gasteiger partial charge in [-0.3, -0.25) is 9.59 Å². The second-order valence-electron chi connectivity index (χ2n) is 8.47. The summed E-state index contributed by atoms with van der Waals surface area (Å²) < 4.78 is 20.9. The fraction of sp³-hybridized carbons (Fsp3) is 0.296. The molecule has 12 nitrogen and oxygen atoms in total. The highest BCUT2D eigenvalue weighted by atomic mass is 16.7. The fourth-order valence-electron chi connectivity index (χ4n) is 3.63. The summed E-state index contributed by atoms with van der Waals surface area (Å²) in [5.74, 6) is -2.07. The molecule has 1 aliphatic rings. The number of aliphatic hydroxyl groups excluding tert-OH is 3. The molecule has 2 aromatic rings. The van der Waals surface area contributed by atoms with Gasteiger partial charge in [0.1, 0.15) is 18.3 Å². The summed E-state index contributed by atoms with van der Waals surface area (Å²) in [5, 5.41) is 48.7. The number of ketones is 2. The summed E-state index contributed by atoms with van der Waals surface area (Å²) in [4.78, 5) is 35.7. The molecule has 0 aromatic heterocycles. The van der Waals surface area contributed by atoms with Crippen LogP contribution in [-0.2, 0) is 19.1 Å². The van der Waals surface area contributed by atoms with Crippen molar-refractivity contribution in [3.8, 4) is 23.0 Å². The lowest BCUT2D eigenvalue weighted by Gasteiger charge is -2.38. The molecule has 0 bridgehead atoms. The van der Waals surface area contributed by atoms with Crippen LogP contribution in [0.1, 0.15) is 17.5 Å². The van der Waals surface area contributed by atoms with Gasteiger partial charge in [-0.25, -0.2) is 4.79 Å². The zero-order chi connectivity index (χ0) is 28.7. The third kappa shape index (κ3) is 7.42. The molecule has 1 saturated heterocycles. The van der Waals surface area contributed by atoms with E-state index in [1.807, 2.05) is 0 Å². The standard InChI is InChI=1S/C27H28O12/c1-36-20-11-14(5-9-18(20)30)3-7-16(28)13-17(29)8-4-15-6-10-19(21(12-15)37-2)38-27-24(33)22(31)23(32)25(39-27)26(34)35/h3-12,22-25,27,30-33H,13H2,1-2H3,(H,34,35)/b7-3+,8-4+. The summed E-state index contributed by atoms with van der Waals surface area (Å²) in [5.41, 5.74) is 1.10. The van der Waals surface area contributed by atoms with Crippen LogP contribution in [0.3, 0.4) is 0 Å². The second-order valence-corrected chi connectivity index (χ2v) is 8.47. The number of rotatable bonds is 11. The van der Waals surface area contributed by atoms with Crippen molar-refractivity contribution < 1.29 is 58.9 Å². The molecular formula is C27H28O12. The Bertz CT molecular complexity index is 1270. The first-order chi connectivity index (χ1) is 18.5. The molecule has 0 aliphatic carbocycles. The van der Waals surface area contributed by atoms with E-state index < -0.39 is 48.2 Å². The third-order valence-electron chi connectivity index (χ3n) is 5.72. The molecule has 1 fully saturated rings. The number of carboxylic acid groups (broad SMARTS) is 1. The predicted octanol–water partition coefficient (Wildman–Crippen LogP) is 0.935. The number of hydrogen-bond acceptors (Lipinski definition) is 11. The summed E-state index contributed by atoms with van der Waals surface area (Å²) in [6.45, 7) is 0. The van der Waals surface area contributed by atoms with Crippen LogP contribution in [0.2, 0.25) is 0 Å². The van der Waals surface area contributed by atoms with Crippen LogP contribution in [0.15, 0.2) is 48.6 Å². The highest BCUT2D eigenvalue weighted by molar-refractivity contribution is 6.10. The van der Waals surface area contributed by atoms with Crippen molar-refractivity contribution in [2.45, 2.75) is 37.1 Å². The normalized spacial score (nSPS) is 23.1. The SMILES string of the molecule is COc1cc(/C=C/C(=O)CC(=O)/C=C/c2ccc(OC3OC(C(=O)O)C(O)C(O)C3O)c(OC)c2)ccc1O. The number of benzene rings is 2. The van der Waals surface area contributed by atoms with E-state index in [-0.39, 0.29) is 29.4 Å². The van der Waals surface area contributed by atoms with Crippen LogP contribution >= 0.6 is 0 Å². The van der Waals surface area contributed by atoms with Gasteiger partial charge in [0.25, 0.3) is 0 Å². The van der Waals surface area contributed by atoms with Gasteiger partial charge in [0.05, 0.1) is 20.6 Å². The minimum atomic E-state index is -1.86. The van der Waals surface area contributed by atoms with Crippen LogP contribution in [-0.4, -0.2) is 88.0 Å². The lowest BCUT2D eigenvalue weighted by atomic mass is 9.99. The smallest absolute Gasteiger partial charge is 0.335 e. The van der Waals surface area contributed by atoms with E-state index in [1.165, 1.54) is 62.8 Å². The van der Waals surface area contributed by atoms with Crippen LogP contribution < -0.4 is 14.2 Å². The molecule has 0 radical (unpaired) electrons. The van der Waals surface area contributed by atoms with Crippen LogP contribution in [0.4, 0.5) is 0 Å². The van der Waals surface area contributed by atoms with Gasteiger partial charge in [-0.2, -0.15) is 0 Å². The number of hydrogen-bond donors (Lipinski definition) is 5. The zero-order valence-electron chi connectivity index (χ0n) is 21.0. The van der Waals surface area contributed by atoms with Crippen molar-refractivity contribution in [3.05, 3.63) is 59.7 Å². The molecule has 3 rings (SSSR count). The van der Waals surface area contributed by atoms with Crippen molar-refractivity contribution in [1.29, 1.82) is 0 Å². The summed E-state index contributed by atoms with van der Waals surface area (Å²) in [6.07, 6.45) is -3.85. The van der Waals surface area contributed by atoms with Gasteiger partial charge >= 0.3 is 5.97 Å². The quantitative estimate of drug-likeness (QED) is 0.199. The molecule has 39 heavy (non-hydrogen) atoms. The minimum absolute atomic E-state index is 0.0314. The predicted molar refractivity (Wildman–Crippen MR) is 135 cm³/mol. The average molecular weight is 545 g/mol. The van der Waals surface area contributed by atoms with E-state index >= 15 is 0 Å². The monoisotopic (exact) mass is 544 g/mol. The topological polar surface area (TPSA) is 189 Å². The summed E-state index contributed by atoms with van der Waals surface area (Å²) >= 11 is 0. The van der Waals surface area contributed by atoms with E-state index in [0.717, 1.165) is 0 Å². The van der Waals surface area contributed by atoms with Gasteiger partial charge in [0, 0.05) is 0 Å². The van der Waals surface area contributed by atoms with Crippen LogP contribution in [0.25, 0.3) is 12.2 Å². The van der Waals surface area contributed by atoms with Gasteiger partial charge in [-0.15, -0.1) is 0 Å². The number of aromatic hydroxyl groups is 1. The van der Waals surface area contributed by atoms with E-state index in [9.17, 15) is 39.9 Å². The molecule has 0 spiro atoms. The number of carbonyl (C=O) groups excluding carboxylic acids is 2. The number of aliphatic hydroxyl groups is 3. The van der Waals surface area contributed by atoms with E-state index in [0.29, 0.717) is 11.1 Å². The van der Waals surface area contributed by atoms with Crippen molar-refractivity contribution in [1.82, 2.24) is 0 Å². The molecule has 5 atom stereocenters. The van der Waals surface area contributed by atoms with E-state index in [1.54, 1.807) is 12.1 Å². The molecule has 0 saturated carbocycles. The van der Waals surface area contributed by atoms with Crippen LogP contribution in [0, 0.1) is 0 Å². The molecule has 2 aromatic carbocycles. The zero-order valence-corrected chi connectivity index (χ0v) is 21.0. The molecule has 5 unspecified atom stereocenters. The second kappa shape index (κ2) is 13.0. The van der Waals surface area contributed by atoms with Gasteiger partial charge in [0.15, 0.2) is 40.7 Å². The van der Waals surface area contributed by atoms with E-state index in [4.69, 9.17) is 18.9 Å². The largest absolute Gasteiger partial charge is 0.504 e. The van der Waals surface area contributed by atoms with Crippen LogP contribution in [0.5, 0.6) is 23.0 Å². The molecule has 12 heteroatoms. The number of phenolic OH excluding ortho intramolecular Hbond substituents is 1. The van der Waals surface area contributed by atoms with E-state index in [2.05, 4.69) is 0 Å². The average Bonchev–Trinajstić information content (AvgIpc) is 2.91. The molecule has 208 valence electrons. The number of phenols is 1. The lowest BCUT2D eigenvalue weighted by molar-refractivity contribution is -0.271. The Labute approximate surface area is 222 Å². The number of allylic oxidation sites excluding steroid dienone is 2. The molecule has 5 N–H and O–H groups in total. The molecule has 1 aliphatic heterocycles. The Morgan fingerprint density at radius 2 is 1.38 bits per heavy atom. The number of ether oxygens (including phenoxy) is 4. The summed E-state index contributed by atoms with van der Waals surface area (Å²) in [6, 6.07) is 8.96. The number of carboxylic acids is 1. The Hall–Kier alpha value is -4.23. The maximum atomic E-state index is 12.3. The first-order valence-corrected chi connectivity index (χ1v) is 11.6. The van der Waals surface area contributed by atoms with Gasteiger partial charge in [-0.1, -0.05) is 24.3 Å². The summed E-state index contributed by atoms with van der Waals surface area (Å²) in [7, 11) is 2.73. The van der Waals surface area contributed by atoms with Gasteiger partial charge in [0.2, 0.25) is 6.29 Å². The highest BCUT2D eigenvalue weighted by Crippen LogP contribution is 2.32. The third-order valence-corrected chi connectivity index (χ3v) is 5.72. The van der Waals surface area contributed by atoms with Crippen molar-refractivity contribution in [2.24, 2.45) is 0 Å². The molecular weight excluding hydrogens is 516 g/mol. The maximum absolute atomic E-state index is 12.3. The Kier molecular flexibility index (Phi) is 9.79. The highest BCUT2D eigenvalue weighted by Gasteiger charge is 2.48. The maximum Gasteiger partial charge on any atom is 0.335 e. The molecule has 1 heterocycles. The lowest BCUT2D eigenvalue weighted by Crippen LogP contribution is -2.61. The number of carbonyl (C=O) groups is 3. The minimum Gasteiger partial charge on any atom is -0.504 e. The number of aliphatic carboxylic acids is 1. The van der Waals surface area contributed by atoms with Crippen molar-refractivity contribution in [2.75, 3.05) is 14.2 Å². The van der Waals surface area contributed by atoms with Crippen molar-refractivity contribution >= 4 is 29.7 Å².